The van der Waals surface area contributed by atoms with Gasteiger partial charge in [0, 0.05) is 6.04 Å². The van der Waals surface area contributed by atoms with Crippen molar-refractivity contribution in [2.45, 2.75) is 32.7 Å². The third-order valence-electron chi connectivity index (χ3n) is 3.25. The number of nitrogens with one attached hydrogen (secondary N) is 1. The molecule has 0 radical (unpaired) electrons. The van der Waals surface area contributed by atoms with E-state index in [9.17, 15) is 0 Å². The van der Waals surface area contributed by atoms with Crippen LogP contribution >= 0.6 is 0 Å². The molecule has 0 bridgehead atoms. The van der Waals surface area contributed by atoms with E-state index >= 15 is 0 Å². The highest BCUT2D eigenvalue weighted by molar-refractivity contribution is 5.44. The van der Waals surface area contributed by atoms with Crippen LogP contribution in [-0.2, 0) is 0 Å². The van der Waals surface area contributed by atoms with Crippen LogP contribution in [0, 0.1) is 5.41 Å². The van der Waals surface area contributed by atoms with Gasteiger partial charge < -0.3 is 11.1 Å². The second-order valence-corrected chi connectivity index (χ2v) is 4.36. The van der Waals surface area contributed by atoms with E-state index in [1.54, 1.807) is 6.07 Å². The predicted octanol–water partition coefficient (Wildman–Crippen LogP) is 2.26. The van der Waals surface area contributed by atoms with E-state index in [-0.39, 0.29) is 0 Å². The van der Waals surface area contributed by atoms with Gasteiger partial charge >= 0.3 is 0 Å². The summed E-state index contributed by atoms with van der Waals surface area (Å²) in [5.41, 5.74) is 6.07. The van der Waals surface area contributed by atoms with Crippen molar-refractivity contribution in [1.82, 2.24) is 4.98 Å². The predicted molar refractivity (Wildman–Crippen MR) is 59.1 cm³/mol. The molecule has 3 N–H and O–H groups in total. The van der Waals surface area contributed by atoms with Crippen molar-refractivity contribution in [2.75, 3.05) is 11.1 Å². The van der Waals surface area contributed by atoms with Crippen molar-refractivity contribution in [1.29, 1.82) is 0 Å². The smallest absolute Gasteiger partial charge is 0.128 e. The molecule has 2 atom stereocenters. The van der Waals surface area contributed by atoms with Crippen LogP contribution in [0.15, 0.2) is 18.2 Å². The lowest BCUT2D eigenvalue weighted by molar-refractivity contribution is 0.535. The lowest BCUT2D eigenvalue weighted by Crippen LogP contribution is -2.11. The van der Waals surface area contributed by atoms with Gasteiger partial charge in [-0.15, -0.1) is 0 Å². The molecule has 2 rings (SSSR count). The monoisotopic (exact) mass is 191 g/mol. The fourth-order valence-corrected chi connectivity index (χ4v) is 1.73. The number of anilines is 2. The number of nitrogens with zero attached hydrogens (tertiary/aromatic N) is 1. The zero-order valence-corrected chi connectivity index (χ0v) is 8.75. The highest BCUT2D eigenvalue weighted by Crippen LogP contribution is 2.49. The van der Waals surface area contributed by atoms with Gasteiger partial charge in [0.15, 0.2) is 0 Å². The Balaban J connectivity index is 2.00. The summed E-state index contributed by atoms with van der Waals surface area (Å²) in [7, 11) is 0. The van der Waals surface area contributed by atoms with Gasteiger partial charge in [0.2, 0.25) is 0 Å². The Morgan fingerprint density at radius 3 is 3.00 bits per heavy atom. The molecule has 76 valence electrons. The Bertz CT molecular complexity index is 337. The van der Waals surface area contributed by atoms with Crippen LogP contribution in [0.25, 0.3) is 0 Å². The fourth-order valence-electron chi connectivity index (χ4n) is 1.73. The Morgan fingerprint density at radius 2 is 2.43 bits per heavy atom. The standard InChI is InChI=1S/C11H17N3/c1-3-11(2)7-8(11)13-10-6-4-5-9(12)14-10/h4-6,8H,3,7H2,1-2H3,(H3,12,13,14). The lowest BCUT2D eigenvalue weighted by atomic mass is 10.1. The van der Waals surface area contributed by atoms with Gasteiger partial charge in [0.05, 0.1) is 0 Å². The van der Waals surface area contributed by atoms with Crippen LogP contribution in [0.2, 0.25) is 0 Å². The molecule has 0 aromatic carbocycles. The number of aromatic nitrogens is 1. The molecule has 1 heterocycles. The van der Waals surface area contributed by atoms with Crippen LogP contribution in [0.4, 0.5) is 11.6 Å². The lowest BCUT2D eigenvalue weighted by Gasteiger charge is -2.09. The first-order valence-electron chi connectivity index (χ1n) is 5.13. The zero-order valence-electron chi connectivity index (χ0n) is 8.75. The molecule has 3 heteroatoms. The first kappa shape index (κ1) is 9.31. The summed E-state index contributed by atoms with van der Waals surface area (Å²) in [5, 5.41) is 3.41. The number of rotatable bonds is 3. The number of pyridine rings is 1. The zero-order chi connectivity index (χ0) is 10.2. The van der Waals surface area contributed by atoms with Gasteiger partial charge in [-0.25, -0.2) is 4.98 Å². The van der Waals surface area contributed by atoms with Crippen LogP contribution in [0.5, 0.6) is 0 Å². The van der Waals surface area contributed by atoms with E-state index in [0.29, 0.717) is 17.3 Å². The molecule has 1 aromatic heterocycles. The van der Waals surface area contributed by atoms with Crippen molar-refractivity contribution in [2.24, 2.45) is 5.41 Å². The maximum absolute atomic E-state index is 5.60. The summed E-state index contributed by atoms with van der Waals surface area (Å²) in [6.07, 6.45) is 2.45. The van der Waals surface area contributed by atoms with Gasteiger partial charge in [-0.3, -0.25) is 0 Å². The molecular weight excluding hydrogens is 174 g/mol. The van der Waals surface area contributed by atoms with E-state index in [2.05, 4.69) is 24.1 Å². The molecule has 3 nitrogen and oxygen atoms in total. The fraction of sp³-hybridized carbons (Fsp3) is 0.545. The van der Waals surface area contributed by atoms with Crippen molar-refractivity contribution >= 4 is 11.6 Å². The summed E-state index contributed by atoms with van der Waals surface area (Å²) in [5.74, 6) is 1.47. The van der Waals surface area contributed by atoms with Gasteiger partial charge in [0.25, 0.3) is 0 Å². The highest BCUT2D eigenvalue weighted by Gasteiger charge is 2.48. The van der Waals surface area contributed by atoms with Gasteiger partial charge in [0.1, 0.15) is 11.6 Å². The first-order chi connectivity index (χ1) is 6.64. The van der Waals surface area contributed by atoms with Crippen LogP contribution in [0.3, 0.4) is 0 Å². The van der Waals surface area contributed by atoms with Crippen LogP contribution in [-0.4, -0.2) is 11.0 Å². The van der Waals surface area contributed by atoms with E-state index in [0.717, 1.165) is 5.82 Å². The number of hydrogen-bond donors (Lipinski definition) is 2. The van der Waals surface area contributed by atoms with Crippen molar-refractivity contribution in [3.8, 4) is 0 Å². The SMILES string of the molecule is CCC1(C)CC1Nc1cccc(N)n1. The summed E-state index contributed by atoms with van der Waals surface area (Å²) in [4.78, 5) is 4.22. The van der Waals surface area contributed by atoms with Gasteiger partial charge in [-0.05, 0) is 30.4 Å². The Labute approximate surface area is 84.7 Å². The minimum atomic E-state index is 0.465. The van der Waals surface area contributed by atoms with Crippen molar-refractivity contribution in [3.05, 3.63) is 18.2 Å². The van der Waals surface area contributed by atoms with E-state index in [4.69, 9.17) is 5.73 Å². The Kier molecular flexibility index (Phi) is 2.10. The molecule has 1 fully saturated rings. The Hall–Kier alpha value is -1.25. The third kappa shape index (κ3) is 1.67. The molecule has 0 spiro atoms. The van der Waals surface area contributed by atoms with Crippen LogP contribution in [0.1, 0.15) is 26.7 Å². The number of nitrogens with two attached hydrogens (primary N) is 1. The molecule has 2 unspecified atom stereocenters. The average Bonchev–Trinajstić information content (AvgIpc) is 2.78. The molecular formula is C11H17N3. The number of hydrogen-bond acceptors (Lipinski definition) is 3. The van der Waals surface area contributed by atoms with Gasteiger partial charge in [-0.2, -0.15) is 0 Å². The second kappa shape index (κ2) is 3.15. The van der Waals surface area contributed by atoms with E-state index in [1.807, 2.05) is 12.1 Å². The summed E-state index contributed by atoms with van der Waals surface area (Å²) < 4.78 is 0. The van der Waals surface area contributed by atoms with Crippen molar-refractivity contribution in [3.63, 3.8) is 0 Å². The largest absolute Gasteiger partial charge is 0.384 e. The molecule has 0 saturated heterocycles. The topological polar surface area (TPSA) is 50.9 Å². The van der Waals surface area contributed by atoms with Crippen molar-refractivity contribution < 1.29 is 0 Å². The van der Waals surface area contributed by atoms with E-state index in [1.165, 1.54) is 12.8 Å². The highest BCUT2D eigenvalue weighted by atomic mass is 15.1. The minimum absolute atomic E-state index is 0.465. The first-order valence-corrected chi connectivity index (χ1v) is 5.13. The van der Waals surface area contributed by atoms with Gasteiger partial charge in [-0.1, -0.05) is 19.9 Å². The third-order valence-corrected chi connectivity index (χ3v) is 3.25. The average molecular weight is 191 g/mol. The maximum atomic E-state index is 5.60. The molecule has 14 heavy (non-hydrogen) atoms. The summed E-state index contributed by atoms with van der Waals surface area (Å²) >= 11 is 0. The summed E-state index contributed by atoms with van der Waals surface area (Å²) in [6, 6.07) is 6.26. The molecule has 0 aliphatic heterocycles. The quantitative estimate of drug-likeness (QED) is 0.770. The molecule has 0 amide bonds. The van der Waals surface area contributed by atoms with Crippen LogP contribution < -0.4 is 11.1 Å². The van der Waals surface area contributed by atoms with E-state index < -0.39 is 0 Å². The minimum Gasteiger partial charge on any atom is -0.384 e. The Morgan fingerprint density at radius 1 is 1.64 bits per heavy atom. The molecule has 1 aliphatic carbocycles. The maximum Gasteiger partial charge on any atom is 0.128 e. The molecule has 1 aliphatic rings. The molecule has 1 saturated carbocycles. The summed E-state index contributed by atoms with van der Waals surface area (Å²) in [6.45, 7) is 4.53. The second-order valence-electron chi connectivity index (χ2n) is 4.36. The normalized spacial score (nSPS) is 30.0. The molecule has 1 aromatic rings. The number of nitrogen functional groups attached to an aromatic ring is 1.